The summed E-state index contributed by atoms with van der Waals surface area (Å²) >= 11 is 0. The normalized spacial score (nSPS) is 29.1. The van der Waals surface area contributed by atoms with Gasteiger partial charge in [-0.25, -0.2) is 10.9 Å². The molecule has 5 heteroatoms. The van der Waals surface area contributed by atoms with E-state index in [2.05, 4.69) is 20.8 Å². The number of nitrogens with two attached hydrogens (primary N) is 1. The number of hydrazine groups is 1. The van der Waals surface area contributed by atoms with Crippen molar-refractivity contribution in [1.82, 2.24) is 20.8 Å². The summed E-state index contributed by atoms with van der Waals surface area (Å²) in [5, 5.41) is 0. The van der Waals surface area contributed by atoms with Crippen LogP contribution in [0.25, 0.3) is 0 Å². The highest BCUT2D eigenvalue weighted by Gasteiger charge is 2.22. The lowest BCUT2D eigenvalue weighted by molar-refractivity contribution is 0.545. The number of nitrogens with zero attached hydrogens (tertiary/aromatic N) is 2. The summed E-state index contributed by atoms with van der Waals surface area (Å²) in [6.07, 6.45) is 5.94. The van der Waals surface area contributed by atoms with Gasteiger partial charge in [-0.3, -0.25) is 9.97 Å². The summed E-state index contributed by atoms with van der Waals surface area (Å²) in [6, 6.07) is 0.189. The van der Waals surface area contributed by atoms with Crippen molar-refractivity contribution in [3.8, 4) is 0 Å². The monoisotopic (exact) mass is 165 g/mol. The van der Waals surface area contributed by atoms with Crippen LogP contribution >= 0.6 is 0 Å². The summed E-state index contributed by atoms with van der Waals surface area (Å²) in [7, 11) is 0. The Morgan fingerprint density at radius 3 is 2.92 bits per heavy atom. The minimum atomic E-state index is 0.0111. The third-order valence-corrected chi connectivity index (χ3v) is 1.87. The Morgan fingerprint density at radius 2 is 2.33 bits per heavy atom. The summed E-state index contributed by atoms with van der Waals surface area (Å²) in [5.41, 5.74) is 12.5. The van der Waals surface area contributed by atoms with Crippen molar-refractivity contribution in [2.75, 3.05) is 0 Å². The van der Waals surface area contributed by atoms with E-state index < -0.39 is 0 Å². The maximum absolute atomic E-state index is 5.64. The summed E-state index contributed by atoms with van der Waals surface area (Å²) < 4.78 is 0. The van der Waals surface area contributed by atoms with Crippen molar-refractivity contribution in [1.29, 1.82) is 0 Å². The first-order chi connectivity index (χ1) is 5.86. The van der Waals surface area contributed by atoms with Gasteiger partial charge < -0.3 is 5.73 Å². The molecule has 1 aliphatic heterocycles. The molecule has 1 aromatic rings. The van der Waals surface area contributed by atoms with Crippen molar-refractivity contribution in [3.05, 3.63) is 24.3 Å². The molecule has 0 saturated carbocycles. The molecule has 12 heavy (non-hydrogen) atoms. The van der Waals surface area contributed by atoms with Gasteiger partial charge in [-0.05, 0) is 6.42 Å². The fourth-order valence-corrected chi connectivity index (χ4v) is 1.26. The van der Waals surface area contributed by atoms with Crippen LogP contribution in [0.1, 0.15) is 18.2 Å². The van der Waals surface area contributed by atoms with Gasteiger partial charge in [-0.15, -0.1) is 0 Å². The van der Waals surface area contributed by atoms with Gasteiger partial charge in [0.2, 0.25) is 0 Å². The standard InChI is InChI=1S/C7H11N5/c8-7-3-5(11-12-7)6-4-9-1-2-10-6/h1-2,4-5,7,11-12H,3,8H2. The van der Waals surface area contributed by atoms with Crippen molar-refractivity contribution >= 4 is 0 Å². The second kappa shape index (κ2) is 3.14. The SMILES string of the molecule is NC1CC(c2cnccn2)NN1. The lowest BCUT2D eigenvalue weighted by Gasteiger charge is -2.05. The highest BCUT2D eigenvalue weighted by Crippen LogP contribution is 2.16. The quantitative estimate of drug-likeness (QED) is 0.513. The molecular weight excluding hydrogens is 154 g/mol. The molecule has 0 aliphatic carbocycles. The molecule has 5 nitrogen and oxygen atoms in total. The molecule has 1 saturated heterocycles. The molecule has 0 bridgehead atoms. The average molecular weight is 165 g/mol. The highest BCUT2D eigenvalue weighted by atomic mass is 15.4. The number of aromatic nitrogens is 2. The molecule has 0 aromatic carbocycles. The van der Waals surface area contributed by atoms with E-state index in [1.54, 1.807) is 18.6 Å². The summed E-state index contributed by atoms with van der Waals surface area (Å²) in [5.74, 6) is 0. The van der Waals surface area contributed by atoms with Crippen LogP contribution in [0.3, 0.4) is 0 Å². The summed E-state index contributed by atoms with van der Waals surface area (Å²) in [6.45, 7) is 0. The van der Waals surface area contributed by atoms with Gasteiger partial charge >= 0.3 is 0 Å². The Balaban J connectivity index is 2.11. The molecule has 1 aliphatic rings. The van der Waals surface area contributed by atoms with Gasteiger partial charge in [0, 0.05) is 12.4 Å². The van der Waals surface area contributed by atoms with Gasteiger partial charge in [-0.2, -0.15) is 0 Å². The molecule has 2 atom stereocenters. The van der Waals surface area contributed by atoms with Gasteiger partial charge in [-0.1, -0.05) is 0 Å². The van der Waals surface area contributed by atoms with E-state index in [1.165, 1.54) is 0 Å². The van der Waals surface area contributed by atoms with Crippen LogP contribution in [0, 0.1) is 0 Å². The zero-order valence-corrected chi connectivity index (χ0v) is 6.57. The first-order valence-electron chi connectivity index (χ1n) is 3.89. The van der Waals surface area contributed by atoms with E-state index in [1.807, 2.05) is 0 Å². The Hall–Kier alpha value is -1.04. The van der Waals surface area contributed by atoms with Crippen molar-refractivity contribution in [2.24, 2.45) is 5.73 Å². The van der Waals surface area contributed by atoms with E-state index >= 15 is 0 Å². The lowest BCUT2D eigenvalue weighted by Crippen LogP contribution is -2.36. The fraction of sp³-hybridized carbons (Fsp3) is 0.429. The van der Waals surface area contributed by atoms with Gasteiger partial charge in [0.15, 0.2) is 0 Å². The Labute approximate surface area is 70.4 Å². The Morgan fingerprint density at radius 1 is 1.42 bits per heavy atom. The molecule has 2 unspecified atom stereocenters. The average Bonchev–Trinajstić information content (AvgIpc) is 2.54. The Kier molecular flexibility index (Phi) is 1.99. The van der Waals surface area contributed by atoms with E-state index in [-0.39, 0.29) is 12.2 Å². The number of nitrogens with one attached hydrogen (secondary N) is 2. The Bertz CT molecular complexity index is 249. The van der Waals surface area contributed by atoms with Crippen LogP contribution in [0.5, 0.6) is 0 Å². The van der Waals surface area contributed by atoms with E-state index in [4.69, 9.17) is 5.73 Å². The smallest absolute Gasteiger partial charge is 0.0770 e. The van der Waals surface area contributed by atoms with Crippen molar-refractivity contribution in [3.63, 3.8) is 0 Å². The van der Waals surface area contributed by atoms with E-state index in [0.29, 0.717) is 0 Å². The molecule has 64 valence electrons. The van der Waals surface area contributed by atoms with Crippen LogP contribution in [-0.2, 0) is 0 Å². The predicted octanol–water partition coefficient (Wildman–Crippen LogP) is -0.700. The molecule has 2 heterocycles. The second-order valence-electron chi connectivity index (χ2n) is 2.81. The highest BCUT2D eigenvalue weighted by molar-refractivity contribution is 5.04. The van der Waals surface area contributed by atoms with Gasteiger partial charge in [0.1, 0.15) is 0 Å². The second-order valence-corrected chi connectivity index (χ2v) is 2.81. The first kappa shape index (κ1) is 7.60. The zero-order valence-electron chi connectivity index (χ0n) is 6.57. The number of rotatable bonds is 1. The molecule has 0 radical (unpaired) electrons. The van der Waals surface area contributed by atoms with Crippen LogP contribution in [0.4, 0.5) is 0 Å². The van der Waals surface area contributed by atoms with Crippen LogP contribution in [0.2, 0.25) is 0 Å². The van der Waals surface area contributed by atoms with Crippen LogP contribution in [-0.4, -0.2) is 16.1 Å². The minimum absolute atomic E-state index is 0.0111. The fourth-order valence-electron chi connectivity index (χ4n) is 1.26. The van der Waals surface area contributed by atoms with E-state index in [9.17, 15) is 0 Å². The van der Waals surface area contributed by atoms with Crippen LogP contribution in [0.15, 0.2) is 18.6 Å². The molecule has 4 N–H and O–H groups in total. The van der Waals surface area contributed by atoms with Gasteiger partial charge in [0.05, 0.1) is 24.1 Å². The van der Waals surface area contributed by atoms with Crippen molar-refractivity contribution < 1.29 is 0 Å². The van der Waals surface area contributed by atoms with Crippen molar-refractivity contribution in [2.45, 2.75) is 18.6 Å². The largest absolute Gasteiger partial charge is 0.315 e. The third kappa shape index (κ3) is 1.42. The topological polar surface area (TPSA) is 75.9 Å². The number of hydrogen-bond acceptors (Lipinski definition) is 5. The maximum atomic E-state index is 5.64. The first-order valence-corrected chi connectivity index (χ1v) is 3.89. The van der Waals surface area contributed by atoms with Gasteiger partial charge in [0.25, 0.3) is 0 Å². The molecule has 1 aromatic heterocycles. The molecular formula is C7H11N5. The lowest BCUT2D eigenvalue weighted by atomic mass is 10.1. The number of hydrogen-bond donors (Lipinski definition) is 3. The molecule has 1 fully saturated rings. The van der Waals surface area contributed by atoms with Crippen LogP contribution < -0.4 is 16.6 Å². The molecule has 0 spiro atoms. The third-order valence-electron chi connectivity index (χ3n) is 1.87. The zero-order chi connectivity index (χ0) is 8.39. The predicted molar refractivity (Wildman–Crippen MR) is 43.6 cm³/mol. The molecule has 0 amide bonds. The molecule has 2 rings (SSSR count). The summed E-state index contributed by atoms with van der Waals surface area (Å²) in [4.78, 5) is 8.16. The maximum Gasteiger partial charge on any atom is 0.0770 e. The van der Waals surface area contributed by atoms with E-state index in [0.717, 1.165) is 12.1 Å². The minimum Gasteiger partial charge on any atom is -0.315 e.